The summed E-state index contributed by atoms with van der Waals surface area (Å²) >= 11 is 0. The van der Waals surface area contributed by atoms with E-state index in [4.69, 9.17) is 15.7 Å². The zero-order valence-corrected chi connectivity index (χ0v) is 9.15. The van der Waals surface area contributed by atoms with E-state index in [0.29, 0.717) is 11.3 Å². The third kappa shape index (κ3) is 2.51. The fourth-order valence-corrected chi connectivity index (χ4v) is 1.85. The van der Waals surface area contributed by atoms with Crippen LogP contribution in [0.1, 0.15) is 11.1 Å². The minimum absolute atomic E-state index is 0.709. The Morgan fingerprint density at radius 3 is 2.81 bits per heavy atom. The van der Waals surface area contributed by atoms with Gasteiger partial charge in [-0.05, 0) is 23.8 Å². The third-order valence-electron chi connectivity index (χ3n) is 2.75. The lowest BCUT2D eigenvalue weighted by Gasteiger charge is -2.26. The Bertz CT molecular complexity index is 405. The van der Waals surface area contributed by atoms with Gasteiger partial charge in [0, 0.05) is 25.3 Å². The van der Waals surface area contributed by atoms with Crippen LogP contribution in [-0.2, 0) is 11.3 Å². The van der Waals surface area contributed by atoms with Crippen molar-refractivity contribution in [1.82, 2.24) is 4.90 Å². The van der Waals surface area contributed by atoms with Gasteiger partial charge in [0.1, 0.15) is 0 Å². The van der Waals surface area contributed by atoms with Crippen LogP contribution in [0.3, 0.4) is 0 Å². The van der Waals surface area contributed by atoms with Gasteiger partial charge in [0.25, 0.3) is 0 Å². The van der Waals surface area contributed by atoms with Crippen molar-refractivity contribution in [3.8, 4) is 6.07 Å². The van der Waals surface area contributed by atoms with Gasteiger partial charge < -0.3 is 10.5 Å². The summed E-state index contributed by atoms with van der Waals surface area (Å²) < 4.78 is 5.29. The summed E-state index contributed by atoms with van der Waals surface area (Å²) in [6.45, 7) is 4.14. The number of nitriles is 1. The van der Waals surface area contributed by atoms with Gasteiger partial charge in [0.2, 0.25) is 0 Å². The largest absolute Gasteiger partial charge is 0.399 e. The maximum Gasteiger partial charge on any atom is 0.0995 e. The number of ether oxygens (including phenoxy) is 1. The summed E-state index contributed by atoms with van der Waals surface area (Å²) in [5.74, 6) is 0. The molecule has 1 aliphatic rings. The first kappa shape index (κ1) is 10.9. The summed E-state index contributed by atoms with van der Waals surface area (Å²) in [4.78, 5) is 2.28. The molecule has 4 nitrogen and oxygen atoms in total. The Morgan fingerprint density at radius 1 is 1.38 bits per heavy atom. The highest BCUT2D eigenvalue weighted by molar-refractivity contribution is 5.49. The number of morpholine rings is 1. The number of hydrogen-bond donors (Lipinski definition) is 1. The first-order valence-electron chi connectivity index (χ1n) is 5.38. The van der Waals surface area contributed by atoms with Gasteiger partial charge in [-0.3, -0.25) is 4.90 Å². The first-order chi connectivity index (χ1) is 7.79. The van der Waals surface area contributed by atoms with Crippen LogP contribution >= 0.6 is 0 Å². The minimum Gasteiger partial charge on any atom is -0.399 e. The Kier molecular flexibility index (Phi) is 3.40. The highest BCUT2D eigenvalue weighted by Gasteiger charge is 2.12. The molecule has 0 spiro atoms. The number of rotatable bonds is 2. The van der Waals surface area contributed by atoms with E-state index in [1.807, 2.05) is 6.07 Å². The van der Waals surface area contributed by atoms with Crippen molar-refractivity contribution in [3.63, 3.8) is 0 Å². The molecule has 0 amide bonds. The summed E-state index contributed by atoms with van der Waals surface area (Å²) in [5, 5.41) is 9.00. The number of nitrogen functional groups attached to an aromatic ring is 1. The van der Waals surface area contributed by atoms with Gasteiger partial charge in [-0.1, -0.05) is 0 Å². The van der Waals surface area contributed by atoms with Gasteiger partial charge in [-0.2, -0.15) is 5.26 Å². The smallest absolute Gasteiger partial charge is 0.0995 e. The van der Waals surface area contributed by atoms with Crippen LogP contribution in [0.15, 0.2) is 18.2 Å². The Morgan fingerprint density at radius 2 is 2.12 bits per heavy atom. The number of nitrogens with zero attached hydrogens (tertiary/aromatic N) is 2. The highest BCUT2D eigenvalue weighted by atomic mass is 16.5. The molecule has 0 aliphatic carbocycles. The lowest BCUT2D eigenvalue weighted by atomic mass is 10.1. The van der Waals surface area contributed by atoms with Crippen molar-refractivity contribution in [2.24, 2.45) is 0 Å². The van der Waals surface area contributed by atoms with Crippen LogP contribution in [0.2, 0.25) is 0 Å². The second-order valence-corrected chi connectivity index (χ2v) is 3.92. The average Bonchev–Trinajstić information content (AvgIpc) is 2.31. The van der Waals surface area contributed by atoms with Crippen molar-refractivity contribution in [2.75, 3.05) is 32.0 Å². The molecule has 0 atom stereocenters. The number of anilines is 1. The first-order valence-corrected chi connectivity index (χ1v) is 5.38. The van der Waals surface area contributed by atoms with E-state index >= 15 is 0 Å². The molecule has 1 fully saturated rings. The van der Waals surface area contributed by atoms with Crippen molar-refractivity contribution >= 4 is 5.69 Å². The van der Waals surface area contributed by atoms with Crippen LogP contribution in [-0.4, -0.2) is 31.2 Å². The molecule has 1 aromatic carbocycles. The zero-order chi connectivity index (χ0) is 11.4. The fraction of sp³-hybridized carbons (Fsp3) is 0.417. The third-order valence-corrected chi connectivity index (χ3v) is 2.75. The van der Waals surface area contributed by atoms with E-state index in [0.717, 1.165) is 38.4 Å². The van der Waals surface area contributed by atoms with E-state index in [-0.39, 0.29) is 0 Å². The summed E-state index contributed by atoms with van der Waals surface area (Å²) in [6, 6.07) is 7.63. The SMILES string of the molecule is N#Cc1ccc(N)cc1CN1CCOCC1. The minimum atomic E-state index is 0.709. The lowest BCUT2D eigenvalue weighted by Crippen LogP contribution is -2.35. The Balaban J connectivity index is 2.13. The molecular formula is C12H15N3O. The van der Waals surface area contributed by atoms with E-state index in [9.17, 15) is 0 Å². The maximum atomic E-state index is 9.00. The van der Waals surface area contributed by atoms with Gasteiger partial charge in [-0.15, -0.1) is 0 Å². The van der Waals surface area contributed by atoms with E-state index in [2.05, 4.69) is 11.0 Å². The molecule has 16 heavy (non-hydrogen) atoms. The number of benzene rings is 1. The second-order valence-electron chi connectivity index (χ2n) is 3.92. The summed E-state index contributed by atoms with van der Waals surface area (Å²) in [6.07, 6.45) is 0. The van der Waals surface area contributed by atoms with Gasteiger partial charge in [-0.25, -0.2) is 0 Å². The normalized spacial score (nSPS) is 16.9. The summed E-state index contributed by atoms with van der Waals surface area (Å²) in [7, 11) is 0. The molecule has 4 heteroatoms. The predicted octanol–water partition coefficient (Wildman–Crippen LogP) is 0.973. The molecule has 1 saturated heterocycles. The quantitative estimate of drug-likeness (QED) is 0.750. The molecule has 0 radical (unpaired) electrons. The zero-order valence-electron chi connectivity index (χ0n) is 9.15. The highest BCUT2D eigenvalue weighted by Crippen LogP contribution is 2.15. The van der Waals surface area contributed by atoms with Crippen molar-refractivity contribution < 1.29 is 4.74 Å². The molecular weight excluding hydrogens is 202 g/mol. The Labute approximate surface area is 95.2 Å². The maximum absolute atomic E-state index is 9.00. The van der Waals surface area contributed by atoms with Crippen LogP contribution < -0.4 is 5.73 Å². The topological polar surface area (TPSA) is 62.3 Å². The van der Waals surface area contributed by atoms with Gasteiger partial charge >= 0.3 is 0 Å². The van der Waals surface area contributed by atoms with Crippen LogP contribution in [0, 0.1) is 11.3 Å². The molecule has 1 aromatic rings. The van der Waals surface area contributed by atoms with E-state index in [1.54, 1.807) is 12.1 Å². The number of hydrogen-bond acceptors (Lipinski definition) is 4. The molecule has 0 unspecified atom stereocenters. The van der Waals surface area contributed by atoms with Crippen molar-refractivity contribution in [2.45, 2.75) is 6.54 Å². The number of nitrogens with two attached hydrogens (primary N) is 1. The summed E-state index contributed by atoms with van der Waals surface area (Å²) in [5.41, 5.74) is 8.16. The molecule has 0 saturated carbocycles. The lowest BCUT2D eigenvalue weighted by molar-refractivity contribution is 0.0341. The molecule has 0 aromatic heterocycles. The monoisotopic (exact) mass is 217 g/mol. The molecule has 2 N–H and O–H groups in total. The molecule has 1 heterocycles. The molecule has 84 valence electrons. The van der Waals surface area contributed by atoms with E-state index < -0.39 is 0 Å². The fourth-order valence-electron chi connectivity index (χ4n) is 1.85. The van der Waals surface area contributed by atoms with Crippen molar-refractivity contribution in [1.29, 1.82) is 5.26 Å². The average molecular weight is 217 g/mol. The standard InChI is InChI=1S/C12H15N3O/c13-8-10-1-2-12(14)7-11(10)9-15-3-5-16-6-4-15/h1-2,7H,3-6,9,14H2. The van der Waals surface area contributed by atoms with Gasteiger partial charge in [0.15, 0.2) is 0 Å². The Hall–Kier alpha value is -1.57. The second kappa shape index (κ2) is 4.97. The molecule has 0 bridgehead atoms. The molecule has 1 aliphatic heterocycles. The van der Waals surface area contributed by atoms with Gasteiger partial charge in [0.05, 0.1) is 24.8 Å². The van der Waals surface area contributed by atoms with E-state index in [1.165, 1.54) is 0 Å². The predicted molar refractivity (Wildman–Crippen MR) is 61.7 cm³/mol. The van der Waals surface area contributed by atoms with Crippen molar-refractivity contribution in [3.05, 3.63) is 29.3 Å². The van der Waals surface area contributed by atoms with Crippen LogP contribution in [0.4, 0.5) is 5.69 Å². The molecule has 2 rings (SSSR count). The van der Waals surface area contributed by atoms with Crippen LogP contribution in [0.5, 0.6) is 0 Å². The van der Waals surface area contributed by atoms with Crippen LogP contribution in [0.25, 0.3) is 0 Å².